The van der Waals surface area contributed by atoms with E-state index in [9.17, 15) is 9.90 Å². The zero-order valence-corrected chi connectivity index (χ0v) is 14.8. The highest BCUT2D eigenvalue weighted by atomic mass is 35.5. The van der Waals surface area contributed by atoms with Crippen molar-refractivity contribution in [2.75, 3.05) is 20.3 Å². The highest BCUT2D eigenvalue weighted by Crippen LogP contribution is 2.38. The summed E-state index contributed by atoms with van der Waals surface area (Å²) in [5.41, 5.74) is 1.39. The maximum Gasteiger partial charge on any atom is 0.331 e. The van der Waals surface area contributed by atoms with Gasteiger partial charge in [-0.1, -0.05) is 17.7 Å². The fraction of sp³-hybridized carbons (Fsp3) is 0.211. The van der Waals surface area contributed by atoms with Crippen LogP contribution in [0.5, 0.6) is 23.0 Å². The maximum absolute atomic E-state index is 11.9. The molecule has 1 N–H and O–H groups in total. The Balaban J connectivity index is 1.61. The minimum absolute atomic E-state index is 0.0303. The van der Waals surface area contributed by atoms with Crippen molar-refractivity contribution in [2.45, 2.75) is 6.61 Å². The minimum atomic E-state index is -0.511. The molecular weight excluding hydrogens is 360 g/mol. The lowest BCUT2D eigenvalue weighted by Crippen LogP contribution is -2.16. The quantitative estimate of drug-likeness (QED) is 0.635. The van der Waals surface area contributed by atoms with Gasteiger partial charge in [0.15, 0.2) is 23.0 Å². The van der Waals surface area contributed by atoms with Crippen molar-refractivity contribution in [3.05, 3.63) is 52.6 Å². The van der Waals surface area contributed by atoms with Crippen LogP contribution in [0.15, 0.2) is 36.4 Å². The number of phenols is 1. The molecule has 1 heterocycles. The van der Waals surface area contributed by atoms with Crippen LogP contribution in [0.1, 0.15) is 11.1 Å². The summed E-state index contributed by atoms with van der Waals surface area (Å²) in [5, 5.41) is 9.98. The number of benzene rings is 2. The minimum Gasteiger partial charge on any atom is -0.504 e. The van der Waals surface area contributed by atoms with E-state index in [1.54, 1.807) is 30.3 Å². The highest BCUT2D eigenvalue weighted by Gasteiger charge is 2.17. The van der Waals surface area contributed by atoms with Crippen LogP contribution in [-0.4, -0.2) is 31.4 Å². The summed E-state index contributed by atoms with van der Waals surface area (Å²) in [5.74, 6) is 0.896. The van der Waals surface area contributed by atoms with E-state index < -0.39 is 5.97 Å². The van der Waals surface area contributed by atoms with Crippen LogP contribution in [0.25, 0.3) is 6.08 Å². The van der Waals surface area contributed by atoms with Crippen LogP contribution in [-0.2, 0) is 16.1 Å². The Kier molecular flexibility index (Phi) is 5.53. The topological polar surface area (TPSA) is 74.2 Å². The summed E-state index contributed by atoms with van der Waals surface area (Å²) in [6.45, 7) is 0.956. The molecule has 0 saturated carbocycles. The van der Waals surface area contributed by atoms with E-state index in [4.69, 9.17) is 30.5 Å². The van der Waals surface area contributed by atoms with Gasteiger partial charge >= 0.3 is 5.97 Å². The Morgan fingerprint density at radius 1 is 1.27 bits per heavy atom. The van der Waals surface area contributed by atoms with Gasteiger partial charge in [-0.3, -0.25) is 0 Å². The molecule has 2 aromatic carbocycles. The molecule has 0 aliphatic carbocycles. The second-order valence-corrected chi connectivity index (χ2v) is 5.88. The largest absolute Gasteiger partial charge is 0.504 e. The molecule has 0 aromatic heterocycles. The van der Waals surface area contributed by atoms with Gasteiger partial charge in [-0.05, 0) is 41.5 Å². The summed E-state index contributed by atoms with van der Waals surface area (Å²) in [6, 6.07) is 8.17. The molecule has 2 aromatic rings. The predicted molar refractivity (Wildman–Crippen MR) is 95.9 cm³/mol. The third-order valence-electron chi connectivity index (χ3n) is 3.65. The fourth-order valence-corrected chi connectivity index (χ4v) is 2.70. The summed E-state index contributed by atoms with van der Waals surface area (Å²) < 4.78 is 21.2. The third-order valence-corrected chi connectivity index (χ3v) is 3.93. The second kappa shape index (κ2) is 8.01. The van der Waals surface area contributed by atoms with E-state index in [1.165, 1.54) is 19.3 Å². The first kappa shape index (κ1) is 17.9. The first-order chi connectivity index (χ1) is 12.6. The van der Waals surface area contributed by atoms with Crippen molar-refractivity contribution >= 4 is 23.6 Å². The van der Waals surface area contributed by atoms with Crippen LogP contribution < -0.4 is 14.2 Å². The molecule has 3 rings (SSSR count). The molecule has 26 heavy (non-hydrogen) atoms. The first-order valence-electron chi connectivity index (χ1n) is 7.86. The van der Waals surface area contributed by atoms with Crippen molar-refractivity contribution < 1.29 is 28.8 Å². The van der Waals surface area contributed by atoms with Crippen LogP contribution in [0.4, 0.5) is 0 Å². The lowest BCUT2D eigenvalue weighted by Gasteiger charge is -2.20. The molecule has 0 saturated heterocycles. The molecule has 0 fully saturated rings. The molecule has 0 atom stereocenters. The molecule has 6 nitrogen and oxygen atoms in total. The average molecular weight is 377 g/mol. The van der Waals surface area contributed by atoms with Crippen molar-refractivity contribution in [1.29, 1.82) is 0 Å². The summed E-state index contributed by atoms with van der Waals surface area (Å²) >= 11 is 6.15. The van der Waals surface area contributed by atoms with Gasteiger partial charge in [0.1, 0.15) is 19.8 Å². The number of carbonyl (C=O) groups is 1. The smallest absolute Gasteiger partial charge is 0.331 e. The van der Waals surface area contributed by atoms with Gasteiger partial charge in [0.25, 0.3) is 0 Å². The van der Waals surface area contributed by atoms with Crippen LogP contribution in [0, 0.1) is 0 Å². The second-order valence-electron chi connectivity index (χ2n) is 5.47. The van der Waals surface area contributed by atoms with E-state index in [0.29, 0.717) is 46.6 Å². The third kappa shape index (κ3) is 4.21. The van der Waals surface area contributed by atoms with Gasteiger partial charge in [-0.15, -0.1) is 0 Å². The van der Waals surface area contributed by atoms with E-state index in [-0.39, 0.29) is 12.4 Å². The molecule has 1 aliphatic heterocycles. The molecule has 0 radical (unpaired) electrons. The predicted octanol–water partition coefficient (Wildman–Crippen LogP) is 3.58. The van der Waals surface area contributed by atoms with Crippen molar-refractivity contribution in [3.63, 3.8) is 0 Å². The number of rotatable bonds is 5. The number of methoxy groups -OCH3 is 1. The van der Waals surface area contributed by atoms with E-state index >= 15 is 0 Å². The zero-order chi connectivity index (χ0) is 18.5. The Morgan fingerprint density at radius 3 is 2.88 bits per heavy atom. The lowest BCUT2D eigenvalue weighted by atomic mass is 10.2. The Hall–Kier alpha value is -2.86. The van der Waals surface area contributed by atoms with Crippen LogP contribution >= 0.6 is 11.6 Å². The monoisotopic (exact) mass is 376 g/mol. The molecule has 0 unspecified atom stereocenters. The molecule has 0 amide bonds. The molecule has 1 aliphatic rings. The average Bonchev–Trinajstić information content (AvgIpc) is 2.65. The van der Waals surface area contributed by atoms with Gasteiger partial charge < -0.3 is 24.1 Å². The molecular formula is C19H17ClO6. The Morgan fingerprint density at radius 2 is 2.08 bits per heavy atom. The number of ether oxygens (including phenoxy) is 4. The lowest BCUT2D eigenvalue weighted by molar-refractivity contribution is -0.138. The van der Waals surface area contributed by atoms with Gasteiger partial charge in [0.2, 0.25) is 0 Å². The summed E-state index contributed by atoms with van der Waals surface area (Å²) in [7, 11) is 1.45. The number of carbonyl (C=O) groups excluding carboxylic acids is 1. The van der Waals surface area contributed by atoms with Crippen LogP contribution in [0.2, 0.25) is 5.02 Å². The summed E-state index contributed by atoms with van der Waals surface area (Å²) in [4.78, 5) is 11.9. The maximum atomic E-state index is 11.9. The highest BCUT2D eigenvalue weighted by molar-refractivity contribution is 6.32. The van der Waals surface area contributed by atoms with Gasteiger partial charge in [0, 0.05) is 6.08 Å². The first-order valence-corrected chi connectivity index (χ1v) is 8.24. The molecule has 0 bridgehead atoms. The van der Waals surface area contributed by atoms with E-state index in [1.807, 2.05) is 0 Å². The van der Waals surface area contributed by atoms with Crippen LogP contribution in [0.3, 0.4) is 0 Å². The van der Waals surface area contributed by atoms with Gasteiger partial charge in [-0.25, -0.2) is 4.79 Å². The molecule has 0 spiro atoms. The molecule has 7 heteroatoms. The van der Waals surface area contributed by atoms with Crippen molar-refractivity contribution in [2.24, 2.45) is 0 Å². The normalized spacial score (nSPS) is 12.8. The number of hydrogen-bond donors (Lipinski definition) is 1. The summed E-state index contributed by atoms with van der Waals surface area (Å²) in [6.07, 6.45) is 2.87. The number of esters is 1. The molecule has 136 valence electrons. The number of phenolic OH excluding ortho intramolecular Hbond substituents is 1. The van der Waals surface area contributed by atoms with E-state index in [2.05, 4.69) is 0 Å². The standard InChI is InChI=1S/C19H17ClO6/c1-23-16-9-12(2-4-15(16)21)3-5-18(22)26-11-13-8-14(20)19-17(10-13)24-6-7-25-19/h2-5,8-10,21H,6-7,11H2,1H3/b5-3+. The zero-order valence-electron chi connectivity index (χ0n) is 14.0. The van der Waals surface area contributed by atoms with Crippen molar-refractivity contribution in [1.82, 2.24) is 0 Å². The Bertz CT molecular complexity index is 846. The number of aromatic hydroxyl groups is 1. The van der Waals surface area contributed by atoms with Crippen molar-refractivity contribution in [3.8, 4) is 23.0 Å². The number of halogens is 1. The fourth-order valence-electron chi connectivity index (χ4n) is 2.41. The number of hydrogen-bond acceptors (Lipinski definition) is 6. The number of fused-ring (bicyclic) bond motifs is 1. The van der Waals surface area contributed by atoms with E-state index in [0.717, 1.165) is 0 Å². The Labute approximate surface area is 155 Å². The SMILES string of the molecule is COc1cc(/C=C/C(=O)OCc2cc(Cl)c3c(c2)OCCO3)ccc1O. The van der Waals surface area contributed by atoms with Gasteiger partial charge in [-0.2, -0.15) is 0 Å². The van der Waals surface area contributed by atoms with Gasteiger partial charge in [0.05, 0.1) is 12.1 Å².